The van der Waals surface area contributed by atoms with Crippen LogP contribution in [0.4, 0.5) is 5.82 Å². The van der Waals surface area contributed by atoms with Gasteiger partial charge in [-0.15, -0.1) is 16.4 Å². The fourth-order valence-electron chi connectivity index (χ4n) is 3.07. The Bertz CT molecular complexity index is 884. The lowest BCUT2D eigenvalue weighted by Crippen LogP contribution is -2.36. The second-order valence-electron chi connectivity index (χ2n) is 5.98. The number of nitrogens with two attached hydrogens (primary N) is 1. The van der Waals surface area contributed by atoms with Crippen LogP contribution in [0.15, 0.2) is 28.2 Å². The highest BCUT2D eigenvalue weighted by Gasteiger charge is 2.28. The van der Waals surface area contributed by atoms with Crippen LogP contribution in [0, 0.1) is 0 Å². The third kappa shape index (κ3) is 3.41. The zero-order valence-corrected chi connectivity index (χ0v) is 16.4. The van der Waals surface area contributed by atoms with Crippen LogP contribution in [-0.4, -0.2) is 33.9 Å². The first-order chi connectivity index (χ1) is 12.1. The number of halogens is 2. The van der Waals surface area contributed by atoms with E-state index in [9.17, 15) is 0 Å². The largest absolute Gasteiger partial charge is 0.381 e. The summed E-state index contributed by atoms with van der Waals surface area (Å²) in [6.45, 7) is 2.00. The molecule has 25 heavy (non-hydrogen) atoms. The van der Waals surface area contributed by atoms with Crippen LogP contribution < -0.4 is 11.1 Å². The third-order valence-electron chi connectivity index (χ3n) is 4.39. The van der Waals surface area contributed by atoms with Crippen molar-refractivity contribution < 1.29 is 4.74 Å². The molecule has 0 amide bonds. The molecule has 0 aliphatic carbocycles. The Morgan fingerprint density at radius 2 is 2.40 bits per heavy atom. The predicted molar refractivity (Wildman–Crippen MR) is 103 cm³/mol. The minimum absolute atomic E-state index is 0.0634. The number of thiophene rings is 1. The molecule has 9 heteroatoms. The highest BCUT2D eigenvalue weighted by Crippen LogP contribution is 2.35. The van der Waals surface area contributed by atoms with Crippen molar-refractivity contribution in [3.63, 3.8) is 0 Å². The number of fused-ring (bicyclic) bond motifs is 1. The molecular formula is C16H17BrClN5OS. The summed E-state index contributed by atoms with van der Waals surface area (Å²) in [5, 5.41) is 9.92. The molecule has 3 aromatic heterocycles. The Morgan fingerprint density at radius 1 is 1.52 bits per heavy atom. The van der Waals surface area contributed by atoms with Gasteiger partial charge in [0, 0.05) is 23.4 Å². The second kappa shape index (κ2) is 7.20. The summed E-state index contributed by atoms with van der Waals surface area (Å²) in [5.41, 5.74) is 8.24. The fourth-order valence-corrected chi connectivity index (χ4v) is 4.55. The maximum absolute atomic E-state index is 6.31. The summed E-state index contributed by atoms with van der Waals surface area (Å²) in [4.78, 5) is 5.59. The van der Waals surface area contributed by atoms with Gasteiger partial charge in [-0.1, -0.05) is 6.07 Å². The minimum atomic E-state index is 0.0634. The van der Waals surface area contributed by atoms with E-state index in [0.29, 0.717) is 25.6 Å². The highest BCUT2D eigenvalue weighted by molar-refractivity contribution is 9.10. The zero-order chi connectivity index (χ0) is 17.4. The Kier molecular flexibility index (Phi) is 4.97. The van der Waals surface area contributed by atoms with Gasteiger partial charge in [0.25, 0.3) is 0 Å². The van der Waals surface area contributed by atoms with Crippen molar-refractivity contribution in [2.45, 2.75) is 24.9 Å². The van der Waals surface area contributed by atoms with Crippen molar-refractivity contribution in [1.82, 2.24) is 14.6 Å². The summed E-state index contributed by atoms with van der Waals surface area (Å²) in [5.74, 6) is 0.819. The molecule has 4 heterocycles. The molecule has 1 aliphatic heterocycles. The standard InChI is InChI=1S/C16H17BrClN5OS/c17-14-10(11-8-24-4-3-12(11)19)6-13-15(21-16(18)22-23(13)14)20-7-9-2-1-5-25-9/h1-2,5-6,11-12H,3-4,7-8,19H2,(H,20,21,22)/t11-,12+/m1/s1. The van der Waals surface area contributed by atoms with Crippen LogP contribution in [0.2, 0.25) is 5.28 Å². The summed E-state index contributed by atoms with van der Waals surface area (Å²) in [6.07, 6.45) is 0.846. The van der Waals surface area contributed by atoms with Crippen LogP contribution in [0.25, 0.3) is 5.52 Å². The zero-order valence-electron chi connectivity index (χ0n) is 13.3. The number of rotatable bonds is 4. The third-order valence-corrected chi connectivity index (χ3v) is 6.22. The molecule has 0 saturated carbocycles. The normalized spacial score (nSPS) is 20.9. The number of anilines is 1. The minimum Gasteiger partial charge on any atom is -0.381 e. The average Bonchev–Trinajstić information content (AvgIpc) is 3.22. The van der Waals surface area contributed by atoms with Crippen molar-refractivity contribution in [3.8, 4) is 0 Å². The topological polar surface area (TPSA) is 77.5 Å². The van der Waals surface area contributed by atoms with Gasteiger partial charge in [0.1, 0.15) is 10.1 Å². The number of aromatic nitrogens is 3. The van der Waals surface area contributed by atoms with E-state index in [-0.39, 0.29) is 17.2 Å². The van der Waals surface area contributed by atoms with Crippen molar-refractivity contribution >= 4 is 50.2 Å². The van der Waals surface area contributed by atoms with Gasteiger partial charge in [-0.2, -0.15) is 4.98 Å². The lowest BCUT2D eigenvalue weighted by Gasteiger charge is -2.28. The summed E-state index contributed by atoms with van der Waals surface area (Å²) < 4.78 is 8.23. The van der Waals surface area contributed by atoms with Crippen LogP contribution in [0.1, 0.15) is 22.8 Å². The lowest BCUT2D eigenvalue weighted by molar-refractivity contribution is 0.0689. The van der Waals surface area contributed by atoms with Gasteiger partial charge in [0.2, 0.25) is 5.28 Å². The Labute approximate surface area is 162 Å². The Hall–Kier alpha value is -1.19. The number of hydrogen-bond acceptors (Lipinski definition) is 6. The highest BCUT2D eigenvalue weighted by atomic mass is 79.9. The number of nitrogens with zero attached hydrogens (tertiary/aromatic N) is 3. The molecule has 1 saturated heterocycles. The number of hydrogen-bond donors (Lipinski definition) is 2. The predicted octanol–water partition coefficient (Wildman–Crippen LogP) is 3.65. The maximum Gasteiger partial charge on any atom is 0.243 e. The number of nitrogens with one attached hydrogen (secondary N) is 1. The molecule has 132 valence electrons. The van der Waals surface area contributed by atoms with Gasteiger partial charge in [-0.25, -0.2) is 4.52 Å². The Morgan fingerprint density at radius 3 is 3.16 bits per heavy atom. The first kappa shape index (κ1) is 17.2. The van der Waals surface area contributed by atoms with Crippen molar-refractivity contribution in [2.24, 2.45) is 5.73 Å². The molecule has 2 atom stereocenters. The van der Waals surface area contributed by atoms with Gasteiger partial charge in [-0.05, 0) is 57.0 Å². The van der Waals surface area contributed by atoms with Gasteiger partial charge in [-0.3, -0.25) is 0 Å². The fraction of sp³-hybridized carbons (Fsp3) is 0.375. The molecular weight excluding hydrogens is 426 g/mol. The quantitative estimate of drug-likeness (QED) is 0.645. The number of ether oxygens (including phenoxy) is 1. The second-order valence-corrected chi connectivity index (χ2v) is 8.11. The monoisotopic (exact) mass is 441 g/mol. The van der Waals surface area contributed by atoms with E-state index in [0.717, 1.165) is 22.1 Å². The molecule has 0 aromatic carbocycles. The maximum atomic E-state index is 6.31. The smallest absolute Gasteiger partial charge is 0.243 e. The Balaban J connectivity index is 1.72. The summed E-state index contributed by atoms with van der Waals surface area (Å²) in [7, 11) is 0. The van der Waals surface area contributed by atoms with Crippen molar-refractivity contribution in [3.05, 3.63) is 43.9 Å². The van der Waals surface area contributed by atoms with Crippen LogP contribution in [0.3, 0.4) is 0 Å². The molecule has 0 radical (unpaired) electrons. The van der Waals surface area contributed by atoms with E-state index in [1.807, 2.05) is 6.07 Å². The molecule has 4 rings (SSSR count). The molecule has 6 nitrogen and oxygen atoms in total. The van der Waals surface area contributed by atoms with Crippen molar-refractivity contribution in [2.75, 3.05) is 18.5 Å². The van der Waals surface area contributed by atoms with E-state index < -0.39 is 0 Å². The molecule has 1 fully saturated rings. The molecule has 0 spiro atoms. The molecule has 1 aliphatic rings. The first-order valence-corrected chi connectivity index (χ1v) is 10.0. The first-order valence-electron chi connectivity index (χ1n) is 7.97. The summed E-state index contributed by atoms with van der Waals surface area (Å²) >= 11 is 11.5. The van der Waals surface area contributed by atoms with Crippen LogP contribution >= 0.6 is 38.9 Å². The van der Waals surface area contributed by atoms with Gasteiger partial charge in [0.05, 0.1) is 13.2 Å². The van der Waals surface area contributed by atoms with Gasteiger partial charge < -0.3 is 15.8 Å². The van der Waals surface area contributed by atoms with Crippen LogP contribution in [-0.2, 0) is 11.3 Å². The molecule has 0 unspecified atom stereocenters. The lowest BCUT2D eigenvalue weighted by atomic mass is 9.91. The van der Waals surface area contributed by atoms with Crippen LogP contribution in [0.5, 0.6) is 0 Å². The van der Waals surface area contributed by atoms with E-state index in [4.69, 9.17) is 22.1 Å². The summed E-state index contributed by atoms with van der Waals surface area (Å²) in [6, 6.07) is 6.24. The average molecular weight is 443 g/mol. The SMILES string of the molecule is N[C@H]1CCOC[C@@H]1c1cc2c(NCc3cccs3)nc(Cl)nn2c1Br. The molecule has 0 bridgehead atoms. The molecule has 3 aromatic rings. The van der Waals surface area contributed by atoms with E-state index >= 15 is 0 Å². The van der Waals surface area contributed by atoms with Crippen molar-refractivity contribution in [1.29, 1.82) is 0 Å². The molecule has 3 N–H and O–H groups in total. The van der Waals surface area contributed by atoms with Gasteiger partial charge in [0.15, 0.2) is 5.82 Å². The van der Waals surface area contributed by atoms with Gasteiger partial charge >= 0.3 is 0 Å². The van der Waals surface area contributed by atoms with E-state index in [2.05, 4.69) is 48.8 Å². The van der Waals surface area contributed by atoms with E-state index in [1.165, 1.54) is 4.88 Å². The van der Waals surface area contributed by atoms with E-state index in [1.54, 1.807) is 15.9 Å².